The number of carbonyl (C=O) groups excluding carboxylic acids is 2. The number of imide groups is 1. The average molecular weight is 384 g/mol. The third kappa shape index (κ3) is 3.95. The molecule has 150 valence electrons. The molecule has 2 aromatic heterocycles. The zero-order valence-electron chi connectivity index (χ0n) is 16.4. The number of piperidine rings is 2. The van der Waals surface area contributed by atoms with E-state index < -0.39 is 0 Å². The van der Waals surface area contributed by atoms with E-state index in [0.29, 0.717) is 18.9 Å². The van der Waals surface area contributed by atoms with E-state index >= 15 is 0 Å². The van der Waals surface area contributed by atoms with Gasteiger partial charge < -0.3 is 14.6 Å². The van der Waals surface area contributed by atoms with Crippen LogP contribution < -0.4 is 10.6 Å². The van der Waals surface area contributed by atoms with E-state index in [-0.39, 0.29) is 17.9 Å². The Labute approximate surface area is 164 Å². The molecule has 2 aliphatic rings. The van der Waals surface area contributed by atoms with Crippen LogP contribution >= 0.6 is 0 Å². The Morgan fingerprint density at radius 3 is 2.86 bits per heavy atom. The second-order valence-corrected chi connectivity index (χ2v) is 7.78. The average Bonchev–Trinajstić information content (AvgIpc) is 3.03. The van der Waals surface area contributed by atoms with Crippen LogP contribution in [0.15, 0.2) is 18.5 Å². The molecular formula is C21H28N4O3. The number of ether oxygens (including phenoxy) is 1. The Morgan fingerprint density at radius 1 is 1.25 bits per heavy atom. The van der Waals surface area contributed by atoms with Crippen LogP contribution in [0.2, 0.25) is 0 Å². The molecule has 4 heterocycles. The van der Waals surface area contributed by atoms with E-state index in [1.54, 1.807) is 0 Å². The molecule has 28 heavy (non-hydrogen) atoms. The first-order valence-electron chi connectivity index (χ1n) is 10.2. The van der Waals surface area contributed by atoms with Crippen molar-refractivity contribution in [2.45, 2.75) is 57.6 Å². The number of hydrogen-bond donors (Lipinski definition) is 2. The van der Waals surface area contributed by atoms with Crippen molar-refractivity contribution in [2.75, 3.05) is 19.7 Å². The van der Waals surface area contributed by atoms with Crippen LogP contribution in [-0.2, 0) is 20.7 Å². The number of aromatic nitrogens is 2. The van der Waals surface area contributed by atoms with E-state index in [1.165, 1.54) is 5.56 Å². The molecule has 0 spiro atoms. The van der Waals surface area contributed by atoms with Gasteiger partial charge in [-0.3, -0.25) is 14.9 Å². The minimum Gasteiger partial charge on any atom is -0.378 e. The van der Waals surface area contributed by atoms with Crippen molar-refractivity contribution in [1.82, 2.24) is 20.2 Å². The van der Waals surface area contributed by atoms with Crippen molar-refractivity contribution in [1.29, 1.82) is 0 Å². The zero-order valence-corrected chi connectivity index (χ0v) is 16.4. The molecule has 2 aromatic rings. The number of carbonyl (C=O) groups is 2. The molecular weight excluding hydrogens is 356 g/mol. The Hall–Kier alpha value is -2.25. The van der Waals surface area contributed by atoms with Gasteiger partial charge >= 0.3 is 0 Å². The van der Waals surface area contributed by atoms with E-state index in [2.05, 4.69) is 28.6 Å². The first kappa shape index (κ1) is 19.1. The Bertz CT molecular complexity index is 870. The summed E-state index contributed by atoms with van der Waals surface area (Å²) in [7, 11) is 0. The molecule has 2 fully saturated rings. The van der Waals surface area contributed by atoms with Gasteiger partial charge in [-0.15, -0.1) is 0 Å². The maximum absolute atomic E-state index is 12.3. The first-order valence-corrected chi connectivity index (χ1v) is 10.2. The lowest BCUT2D eigenvalue weighted by atomic mass is 10.0. The molecule has 2 aliphatic heterocycles. The summed E-state index contributed by atoms with van der Waals surface area (Å²) in [5.41, 5.74) is 3.17. The lowest BCUT2D eigenvalue weighted by Crippen LogP contribution is -2.41. The molecule has 0 aromatic carbocycles. The van der Waals surface area contributed by atoms with Gasteiger partial charge in [-0.2, -0.15) is 0 Å². The van der Waals surface area contributed by atoms with Gasteiger partial charge in [0.1, 0.15) is 11.7 Å². The van der Waals surface area contributed by atoms with Crippen LogP contribution in [0, 0.1) is 6.92 Å². The topological polar surface area (TPSA) is 85.2 Å². The summed E-state index contributed by atoms with van der Waals surface area (Å²) in [6.07, 6.45) is 9.14. The first-order chi connectivity index (χ1) is 13.6. The van der Waals surface area contributed by atoms with Crippen molar-refractivity contribution >= 4 is 22.8 Å². The van der Waals surface area contributed by atoms with Crippen LogP contribution in [0.3, 0.4) is 0 Å². The van der Waals surface area contributed by atoms with Crippen LogP contribution in [0.4, 0.5) is 0 Å². The monoisotopic (exact) mass is 384 g/mol. The molecule has 0 saturated carbocycles. The van der Waals surface area contributed by atoms with E-state index in [0.717, 1.165) is 62.0 Å². The third-order valence-electron chi connectivity index (χ3n) is 5.76. The highest BCUT2D eigenvalue weighted by Crippen LogP contribution is 2.29. The molecule has 1 atom stereocenters. The Morgan fingerprint density at radius 2 is 2.07 bits per heavy atom. The van der Waals surface area contributed by atoms with Gasteiger partial charge in [-0.25, -0.2) is 4.98 Å². The number of nitrogens with one attached hydrogen (secondary N) is 2. The van der Waals surface area contributed by atoms with Crippen molar-refractivity contribution < 1.29 is 14.3 Å². The molecule has 0 bridgehead atoms. The van der Waals surface area contributed by atoms with Crippen molar-refractivity contribution in [3.63, 3.8) is 0 Å². The van der Waals surface area contributed by atoms with Gasteiger partial charge in [0.05, 0.1) is 6.10 Å². The second kappa shape index (κ2) is 8.41. The van der Waals surface area contributed by atoms with Crippen molar-refractivity contribution in [3.8, 4) is 0 Å². The van der Waals surface area contributed by atoms with Crippen LogP contribution in [-0.4, -0.2) is 47.2 Å². The quantitative estimate of drug-likeness (QED) is 0.588. The largest absolute Gasteiger partial charge is 0.378 e. The molecule has 0 radical (unpaired) electrons. The number of amides is 2. The maximum Gasteiger partial charge on any atom is 0.249 e. The van der Waals surface area contributed by atoms with Crippen LogP contribution in [0.25, 0.3) is 11.0 Å². The highest BCUT2D eigenvalue weighted by molar-refractivity contribution is 6.00. The fraction of sp³-hybridized carbons (Fsp3) is 0.571. The molecule has 7 heteroatoms. The second-order valence-electron chi connectivity index (χ2n) is 7.78. The van der Waals surface area contributed by atoms with Crippen molar-refractivity contribution in [2.24, 2.45) is 0 Å². The summed E-state index contributed by atoms with van der Waals surface area (Å²) in [6, 6.07) is 1.69. The van der Waals surface area contributed by atoms with Gasteiger partial charge in [-0.05, 0) is 69.3 Å². The summed E-state index contributed by atoms with van der Waals surface area (Å²) < 4.78 is 7.96. The summed E-state index contributed by atoms with van der Waals surface area (Å²) in [6.45, 7) is 4.91. The van der Waals surface area contributed by atoms with Crippen LogP contribution in [0.1, 0.15) is 49.3 Å². The minimum absolute atomic E-state index is 0.197. The fourth-order valence-electron chi connectivity index (χ4n) is 4.32. The number of fused-ring (bicyclic) bond motifs is 1. The van der Waals surface area contributed by atoms with Crippen molar-refractivity contribution in [3.05, 3.63) is 29.6 Å². The predicted molar refractivity (Wildman–Crippen MR) is 106 cm³/mol. The standard InChI is InChI=1S/C21H28N4O3/c1-14-13-25(17-4-5-18(26)24-21(17)27)20-19(14)15(6-11-23-20)3-2-12-28-16-7-9-22-10-8-16/h6,11,13,16-17,22H,2-5,7-10,12H2,1H3,(H,24,26,27). The lowest BCUT2D eigenvalue weighted by Gasteiger charge is -2.23. The van der Waals surface area contributed by atoms with Gasteiger partial charge in [-0.1, -0.05) is 0 Å². The SMILES string of the molecule is Cc1cn(C2CCC(=O)NC2=O)c2nccc(CCCOC3CCNCC3)c12. The van der Waals surface area contributed by atoms with E-state index in [9.17, 15) is 9.59 Å². The molecule has 4 rings (SSSR count). The zero-order chi connectivity index (χ0) is 19.5. The van der Waals surface area contributed by atoms with E-state index in [1.807, 2.05) is 17.0 Å². The van der Waals surface area contributed by atoms with E-state index in [4.69, 9.17) is 4.74 Å². The van der Waals surface area contributed by atoms with Gasteiger partial charge in [0.2, 0.25) is 11.8 Å². The smallest absolute Gasteiger partial charge is 0.249 e. The fourth-order valence-corrected chi connectivity index (χ4v) is 4.32. The molecule has 7 nitrogen and oxygen atoms in total. The number of nitrogens with zero attached hydrogens (tertiary/aromatic N) is 2. The van der Waals surface area contributed by atoms with Crippen LogP contribution in [0.5, 0.6) is 0 Å². The number of pyridine rings is 1. The molecule has 1 unspecified atom stereocenters. The number of aryl methyl sites for hydroxylation is 2. The summed E-state index contributed by atoms with van der Waals surface area (Å²) in [4.78, 5) is 28.3. The molecule has 0 aliphatic carbocycles. The Balaban J connectivity index is 1.47. The minimum atomic E-state index is -0.375. The maximum atomic E-state index is 12.3. The van der Waals surface area contributed by atoms with Gasteiger partial charge in [0, 0.05) is 30.8 Å². The summed E-state index contributed by atoms with van der Waals surface area (Å²) >= 11 is 0. The molecule has 2 saturated heterocycles. The molecule has 2 amide bonds. The molecule has 2 N–H and O–H groups in total. The van der Waals surface area contributed by atoms with Gasteiger partial charge in [0.15, 0.2) is 0 Å². The lowest BCUT2D eigenvalue weighted by molar-refractivity contribution is -0.135. The third-order valence-corrected chi connectivity index (χ3v) is 5.76. The highest BCUT2D eigenvalue weighted by atomic mass is 16.5. The normalized spacial score (nSPS) is 21.2. The number of rotatable bonds is 6. The summed E-state index contributed by atoms with van der Waals surface area (Å²) in [5.74, 6) is -0.437. The van der Waals surface area contributed by atoms with Gasteiger partial charge in [0.25, 0.3) is 0 Å². The number of hydrogen-bond acceptors (Lipinski definition) is 5. The highest BCUT2D eigenvalue weighted by Gasteiger charge is 2.29. The Kier molecular flexibility index (Phi) is 5.73. The predicted octanol–water partition coefficient (Wildman–Crippen LogP) is 2.02. The summed E-state index contributed by atoms with van der Waals surface area (Å²) in [5, 5.41) is 6.92.